The summed E-state index contributed by atoms with van der Waals surface area (Å²) in [5.74, 6) is -2.81. The number of piperidine rings is 1. The number of hydrogen-bond donors (Lipinski definition) is 3. The molecule has 10 heteroatoms. The van der Waals surface area contributed by atoms with Gasteiger partial charge in [0.2, 0.25) is 17.6 Å². The van der Waals surface area contributed by atoms with Gasteiger partial charge in [-0.1, -0.05) is 54.4 Å². The highest BCUT2D eigenvalue weighted by molar-refractivity contribution is 6.37. The molecule has 0 aromatic heterocycles. The number of ether oxygens (including phenoxy) is 1. The number of unbranched alkanes of at least 4 members (excludes halogenated alkanes) is 1. The van der Waals surface area contributed by atoms with Crippen molar-refractivity contribution in [3.63, 3.8) is 0 Å². The van der Waals surface area contributed by atoms with Gasteiger partial charge in [-0.05, 0) is 49.9 Å². The summed E-state index contributed by atoms with van der Waals surface area (Å²) in [5.41, 5.74) is 3.66. The minimum Gasteiger partial charge on any atom is -0.444 e. The van der Waals surface area contributed by atoms with Crippen LogP contribution in [0, 0.1) is 22.7 Å². The molecule has 2 unspecified atom stereocenters. The van der Waals surface area contributed by atoms with Crippen molar-refractivity contribution in [3.05, 3.63) is 0 Å². The molecule has 204 valence electrons. The topological polar surface area (TPSA) is 148 Å². The van der Waals surface area contributed by atoms with Crippen LogP contribution in [0.1, 0.15) is 81.6 Å². The van der Waals surface area contributed by atoms with Crippen LogP contribution in [0.4, 0.5) is 4.79 Å². The second kappa shape index (κ2) is 10.4. The molecule has 1 saturated carbocycles. The van der Waals surface area contributed by atoms with Crippen LogP contribution in [0.5, 0.6) is 0 Å². The molecule has 4 N–H and O–H groups in total. The summed E-state index contributed by atoms with van der Waals surface area (Å²) in [6, 6.07) is -2.80. The lowest BCUT2D eigenvalue weighted by Crippen LogP contribution is -2.60. The van der Waals surface area contributed by atoms with Gasteiger partial charge in [-0.15, -0.1) is 0 Å². The smallest absolute Gasteiger partial charge is 0.408 e. The van der Waals surface area contributed by atoms with Gasteiger partial charge in [0.1, 0.15) is 17.7 Å². The van der Waals surface area contributed by atoms with Gasteiger partial charge in [0, 0.05) is 6.54 Å². The number of primary amides is 1. The van der Waals surface area contributed by atoms with Gasteiger partial charge in [0.05, 0.1) is 6.04 Å². The van der Waals surface area contributed by atoms with E-state index in [9.17, 15) is 24.0 Å². The quantitative estimate of drug-likeness (QED) is 0.407. The van der Waals surface area contributed by atoms with Crippen LogP contribution >= 0.6 is 0 Å². The number of alkyl carbamates (subject to hydrolysis) is 1. The fourth-order valence-corrected chi connectivity index (χ4v) is 5.16. The van der Waals surface area contributed by atoms with Gasteiger partial charge in [0.25, 0.3) is 5.91 Å². The minimum atomic E-state index is -1.10. The fraction of sp³-hybridized carbons (Fsp3) is 0.808. The maximum atomic E-state index is 13.8. The molecule has 1 aliphatic heterocycles. The first-order valence-corrected chi connectivity index (χ1v) is 12.8. The van der Waals surface area contributed by atoms with Gasteiger partial charge in [0.15, 0.2) is 0 Å². The number of nitrogens with two attached hydrogens (primary N) is 1. The number of carbonyl (C=O) groups is 5. The first kappa shape index (κ1) is 29.6. The molecule has 1 saturated heterocycles. The summed E-state index contributed by atoms with van der Waals surface area (Å²) in [4.78, 5) is 65.4. The zero-order valence-electron chi connectivity index (χ0n) is 23.2. The third kappa shape index (κ3) is 6.56. The number of carbonyl (C=O) groups excluding carboxylic acids is 5. The third-order valence-corrected chi connectivity index (χ3v) is 7.26. The lowest BCUT2D eigenvalue weighted by Gasteiger charge is -2.38. The number of rotatable bonds is 9. The summed E-state index contributed by atoms with van der Waals surface area (Å²) < 4.78 is 5.37. The predicted octanol–water partition coefficient (Wildman–Crippen LogP) is 2.14. The molecule has 1 aliphatic carbocycles. The van der Waals surface area contributed by atoms with Crippen molar-refractivity contribution in [2.75, 3.05) is 6.54 Å². The molecule has 4 amide bonds. The van der Waals surface area contributed by atoms with Gasteiger partial charge in [-0.3, -0.25) is 19.2 Å². The number of ketones is 1. The lowest BCUT2D eigenvalue weighted by atomic mass is 9.85. The molecule has 1 heterocycles. The first-order chi connectivity index (χ1) is 16.3. The minimum absolute atomic E-state index is 0.0981. The summed E-state index contributed by atoms with van der Waals surface area (Å²) >= 11 is 0. The second-order valence-electron chi connectivity index (χ2n) is 12.8. The molecule has 0 aromatic rings. The SMILES string of the molecule is CCCC[C@H](NC(=O)C1[C@@H]2[C@H](CN1C(=O)C(NC(=O)OC(C)(C)C)C(C)(C)C)C2(C)C)C(=O)C(N)=O. The van der Waals surface area contributed by atoms with Crippen LogP contribution in [0.25, 0.3) is 0 Å². The van der Waals surface area contributed by atoms with E-state index < -0.39 is 52.8 Å². The van der Waals surface area contributed by atoms with E-state index in [0.717, 1.165) is 6.42 Å². The normalized spacial score (nSPS) is 24.2. The summed E-state index contributed by atoms with van der Waals surface area (Å²) in [6.07, 6.45) is 0.967. The Balaban J connectivity index is 2.31. The molecule has 2 fully saturated rings. The molecule has 2 rings (SSSR count). The third-order valence-electron chi connectivity index (χ3n) is 7.26. The highest BCUT2D eigenvalue weighted by Crippen LogP contribution is 2.65. The maximum Gasteiger partial charge on any atom is 0.408 e. The Morgan fingerprint density at radius 1 is 1.06 bits per heavy atom. The van der Waals surface area contributed by atoms with Gasteiger partial charge in [-0.2, -0.15) is 0 Å². The number of Topliss-reactive ketones (excluding diaryl/α,β-unsaturated/α-hetero) is 1. The highest BCUT2D eigenvalue weighted by Gasteiger charge is 2.69. The molecule has 5 atom stereocenters. The Bertz CT molecular complexity index is 901. The number of nitrogens with one attached hydrogen (secondary N) is 2. The summed E-state index contributed by atoms with van der Waals surface area (Å²) in [7, 11) is 0. The zero-order chi connectivity index (χ0) is 27.8. The summed E-state index contributed by atoms with van der Waals surface area (Å²) in [5, 5.41) is 5.41. The molecule has 0 aromatic carbocycles. The first-order valence-electron chi connectivity index (χ1n) is 12.8. The number of fused-ring (bicyclic) bond motifs is 1. The Labute approximate surface area is 214 Å². The van der Waals surface area contributed by atoms with E-state index in [4.69, 9.17) is 10.5 Å². The molecule has 10 nitrogen and oxygen atoms in total. The van der Waals surface area contributed by atoms with E-state index in [1.807, 2.05) is 41.5 Å². The van der Waals surface area contributed by atoms with E-state index in [-0.39, 0.29) is 29.6 Å². The average molecular weight is 509 g/mol. The Kier molecular flexibility index (Phi) is 8.53. The van der Waals surface area contributed by atoms with E-state index in [0.29, 0.717) is 13.0 Å². The van der Waals surface area contributed by atoms with Crippen molar-refractivity contribution in [2.45, 2.75) is 105 Å². The van der Waals surface area contributed by atoms with E-state index in [2.05, 4.69) is 10.6 Å². The molecular formula is C26H44N4O6. The average Bonchev–Trinajstić information content (AvgIpc) is 3.07. The summed E-state index contributed by atoms with van der Waals surface area (Å²) in [6.45, 7) is 17.1. The van der Waals surface area contributed by atoms with Crippen LogP contribution < -0.4 is 16.4 Å². The molecule has 0 bridgehead atoms. The van der Waals surface area contributed by atoms with E-state index in [1.165, 1.54) is 4.90 Å². The van der Waals surface area contributed by atoms with Crippen LogP contribution in [-0.2, 0) is 23.9 Å². The Morgan fingerprint density at radius 2 is 1.64 bits per heavy atom. The van der Waals surface area contributed by atoms with Crippen molar-refractivity contribution < 1.29 is 28.7 Å². The largest absolute Gasteiger partial charge is 0.444 e. The van der Waals surface area contributed by atoms with Crippen molar-refractivity contribution in [1.29, 1.82) is 0 Å². The van der Waals surface area contributed by atoms with Crippen molar-refractivity contribution in [3.8, 4) is 0 Å². The van der Waals surface area contributed by atoms with Gasteiger partial charge >= 0.3 is 6.09 Å². The standard InChI is InChI=1S/C26H44N4O6/c1-10-11-12-15(18(31)20(27)32)28-21(33)17-16-14(26(16,8)9)13-30(17)22(34)19(24(2,3)4)29-23(35)36-25(5,6)7/h14-17,19H,10-13H2,1-9H3,(H2,27,32)(H,28,33)(H,29,35)/t14-,15-,16-,17?,19?/m0/s1. The molecule has 36 heavy (non-hydrogen) atoms. The van der Waals surface area contributed by atoms with Crippen molar-refractivity contribution >= 4 is 29.6 Å². The van der Waals surface area contributed by atoms with Crippen LogP contribution in [0.15, 0.2) is 0 Å². The predicted molar refractivity (Wildman–Crippen MR) is 135 cm³/mol. The number of nitrogens with zero attached hydrogens (tertiary/aromatic N) is 1. The lowest BCUT2D eigenvalue weighted by molar-refractivity contribution is -0.145. The van der Waals surface area contributed by atoms with Crippen LogP contribution in [-0.4, -0.2) is 64.8 Å². The number of hydrogen-bond acceptors (Lipinski definition) is 6. The number of likely N-dealkylation sites (tertiary alicyclic amines) is 1. The molecular weight excluding hydrogens is 464 g/mol. The monoisotopic (exact) mass is 508 g/mol. The Morgan fingerprint density at radius 3 is 2.11 bits per heavy atom. The highest BCUT2D eigenvalue weighted by atomic mass is 16.6. The van der Waals surface area contributed by atoms with E-state index >= 15 is 0 Å². The van der Waals surface area contributed by atoms with Crippen LogP contribution in [0.2, 0.25) is 0 Å². The second-order valence-corrected chi connectivity index (χ2v) is 12.8. The Hall–Kier alpha value is -2.65. The van der Waals surface area contributed by atoms with Crippen molar-refractivity contribution in [1.82, 2.24) is 15.5 Å². The number of amides is 4. The fourth-order valence-electron chi connectivity index (χ4n) is 5.16. The van der Waals surface area contributed by atoms with Crippen LogP contribution in [0.3, 0.4) is 0 Å². The molecule has 2 aliphatic rings. The maximum absolute atomic E-state index is 13.8. The van der Waals surface area contributed by atoms with E-state index in [1.54, 1.807) is 20.8 Å². The molecule has 0 spiro atoms. The van der Waals surface area contributed by atoms with Gasteiger partial charge < -0.3 is 26.0 Å². The van der Waals surface area contributed by atoms with Gasteiger partial charge in [-0.25, -0.2) is 4.79 Å². The molecule has 0 radical (unpaired) electrons. The zero-order valence-corrected chi connectivity index (χ0v) is 23.2. The van der Waals surface area contributed by atoms with Crippen molar-refractivity contribution in [2.24, 2.45) is 28.4 Å².